The van der Waals surface area contributed by atoms with Crippen molar-refractivity contribution in [2.24, 2.45) is 0 Å². The van der Waals surface area contributed by atoms with Crippen LogP contribution in [0.15, 0.2) is 85.1 Å². The van der Waals surface area contributed by atoms with Gasteiger partial charge in [-0.3, -0.25) is 14.5 Å². The van der Waals surface area contributed by atoms with Crippen LogP contribution in [0.5, 0.6) is 5.75 Å². The molecule has 0 atom stereocenters. The molecule has 1 N–H and O–H groups in total. The predicted molar refractivity (Wildman–Crippen MR) is 125 cm³/mol. The van der Waals surface area contributed by atoms with Gasteiger partial charge in [0.25, 0.3) is 0 Å². The van der Waals surface area contributed by atoms with E-state index in [1.807, 2.05) is 85.1 Å². The molecule has 3 aromatic carbocycles. The van der Waals surface area contributed by atoms with Gasteiger partial charge in [0, 0.05) is 29.1 Å². The van der Waals surface area contributed by atoms with Gasteiger partial charge in [0.1, 0.15) is 18.0 Å². The first-order chi connectivity index (χ1) is 15.7. The number of nitrogens with zero attached hydrogens (tertiary/aromatic N) is 3. The van der Waals surface area contributed by atoms with Gasteiger partial charge in [-0.15, -0.1) is 0 Å². The van der Waals surface area contributed by atoms with Gasteiger partial charge in [0.2, 0.25) is 5.91 Å². The monoisotopic (exact) mass is 422 g/mol. The van der Waals surface area contributed by atoms with Gasteiger partial charge in [0.15, 0.2) is 0 Å². The fraction of sp³-hybridized carbons (Fsp3) is 0.115. The summed E-state index contributed by atoms with van der Waals surface area (Å²) in [5.41, 5.74) is 4.60. The molecule has 0 aliphatic carbocycles. The summed E-state index contributed by atoms with van der Waals surface area (Å²) in [6.45, 7) is 0.559. The molecule has 32 heavy (non-hydrogen) atoms. The van der Waals surface area contributed by atoms with Crippen molar-refractivity contribution in [3.05, 3.63) is 90.6 Å². The molecule has 2 heterocycles. The molecule has 6 nitrogen and oxygen atoms in total. The molecule has 1 amide bonds. The molecular formula is C26H22N4O2. The van der Waals surface area contributed by atoms with Crippen molar-refractivity contribution in [1.82, 2.24) is 20.1 Å². The zero-order chi connectivity index (χ0) is 21.9. The van der Waals surface area contributed by atoms with Crippen molar-refractivity contribution in [2.45, 2.75) is 13.1 Å². The van der Waals surface area contributed by atoms with Crippen molar-refractivity contribution in [2.75, 3.05) is 7.11 Å². The van der Waals surface area contributed by atoms with E-state index in [1.54, 1.807) is 11.8 Å². The van der Waals surface area contributed by atoms with Crippen molar-refractivity contribution in [3.8, 4) is 17.0 Å². The minimum absolute atomic E-state index is 0.106. The van der Waals surface area contributed by atoms with Crippen LogP contribution in [0, 0.1) is 0 Å². The molecule has 0 bridgehead atoms. The molecule has 5 aromatic rings. The Bertz CT molecular complexity index is 1390. The average molecular weight is 422 g/mol. The average Bonchev–Trinajstić information content (AvgIpc) is 3.22. The van der Waals surface area contributed by atoms with E-state index < -0.39 is 0 Å². The van der Waals surface area contributed by atoms with E-state index >= 15 is 0 Å². The summed E-state index contributed by atoms with van der Waals surface area (Å²) in [6, 6.07) is 25.6. The van der Waals surface area contributed by atoms with Crippen LogP contribution in [0.4, 0.5) is 0 Å². The van der Waals surface area contributed by atoms with Gasteiger partial charge in [-0.05, 0) is 23.8 Å². The summed E-state index contributed by atoms with van der Waals surface area (Å²) in [4.78, 5) is 17.4. The Labute approximate surface area is 185 Å². The Morgan fingerprint density at radius 3 is 2.47 bits per heavy atom. The fourth-order valence-corrected chi connectivity index (χ4v) is 3.86. The lowest BCUT2D eigenvalue weighted by Crippen LogP contribution is -2.27. The molecule has 158 valence electrons. The van der Waals surface area contributed by atoms with Gasteiger partial charge in [-0.2, -0.15) is 5.10 Å². The minimum atomic E-state index is -0.106. The van der Waals surface area contributed by atoms with Gasteiger partial charge < -0.3 is 10.1 Å². The lowest BCUT2D eigenvalue weighted by molar-refractivity contribution is -0.121. The molecular weight excluding hydrogens is 400 g/mol. The first-order valence-corrected chi connectivity index (χ1v) is 10.4. The number of para-hydroxylation sites is 1. The number of amides is 1. The number of fused-ring (bicyclic) bond motifs is 3. The molecule has 0 aliphatic rings. The van der Waals surface area contributed by atoms with Crippen LogP contribution in [0.2, 0.25) is 0 Å². The molecule has 0 aliphatic heterocycles. The van der Waals surface area contributed by atoms with Crippen LogP contribution in [0.3, 0.4) is 0 Å². The number of hydrogen-bond donors (Lipinski definition) is 1. The third-order valence-corrected chi connectivity index (χ3v) is 5.47. The highest BCUT2D eigenvalue weighted by atomic mass is 16.5. The van der Waals surface area contributed by atoms with Crippen LogP contribution < -0.4 is 10.1 Å². The summed E-state index contributed by atoms with van der Waals surface area (Å²) < 4.78 is 6.97. The summed E-state index contributed by atoms with van der Waals surface area (Å²) in [7, 11) is 1.63. The van der Waals surface area contributed by atoms with E-state index in [0.29, 0.717) is 6.54 Å². The van der Waals surface area contributed by atoms with Crippen LogP contribution in [-0.4, -0.2) is 27.8 Å². The first-order valence-electron chi connectivity index (χ1n) is 10.4. The van der Waals surface area contributed by atoms with E-state index in [1.165, 1.54) is 0 Å². The number of aromatic nitrogens is 3. The van der Waals surface area contributed by atoms with Crippen molar-refractivity contribution in [3.63, 3.8) is 0 Å². The summed E-state index contributed by atoms with van der Waals surface area (Å²) >= 11 is 0. The second kappa shape index (κ2) is 8.51. The molecule has 5 rings (SSSR count). The molecule has 0 saturated carbocycles. The molecule has 2 aromatic heterocycles. The number of hydrogen-bond acceptors (Lipinski definition) is 4. The van der Waals surface area contributed by atoms with Crippen LogP contribution >= 0.6 is 0 Å². The maximum Gasteiger partial charge on any atom is 0.242 e. The third-order valence-electron chi connectivity index (χ3n) is 5.47. The SMILES string of the molecule is COc1ccc(CNC(=O)Cn2nc(-c3ccccc3)c3cnc4ccccc4c32)cc1. The lowest BCUT2D eigenvalue weighted by atomic mass is 10.1. The highest BCUT2D eigenvalue weighted by Gasteiger charge is 2.17. The summed E-state index contributed by atoms with van der Waals surface area (Å²) in [5.74, 6) is 0.683. The Balaban J connectivity index is 1.48. The molecule has 0 saturated heterocycles. The van der Waals surface area contributed by atoms with Gasteiger partial charge in [-0.25, -0.2) is 0 Å². The third kappa shape index (κ3) is 3.78. The topological polar surface area (TPSA) is 69.0 Å². The largest absolute Gasteiger partial charge is 0.497 e. The number of ether oxygens (including phenoxy) is 1. The number of carbonyl (C=O) groups excluding carboxylic acids is 1. The maximum absolute atomic E-state index is 12.8. The quantitative estimate of drug-likeness (QED) is 0.435. The minimum Gasteiger partial charge on any atom is -0.497 e. The predicted octanol–water partition coefficient (Wildman–Crippen LogP) is 4.58. The standard InChI is InChI=1S/C26H22N4O2/c1-32-20-13-11-18(12-14-20)15-28-24(31)17-30-26-21-9-5-6-10-23(21)27-16-22(26)25(29-30)19-7-3-2-4-8-19/h2-14,16H,15,17H2,1H3,(H,28,31). The van der Waals surface area contributed by atoms with E-state index in [9.17, 15) is 4.79 Å². The Morgan fingerprint density at radius 2 is 1.69 bits per heavy atom. The highest BCUT2D eigenvalue weighted by Crippen LogP contribution is 2.31. The van der Waals surface area contributed by atoms with E-state index in [-0.39, 0.29) is 12.5 Å². The number of methoxy groups -OCH3 is 1. The molecule has 0 fully saturated rings. The maximum atomic E-state index is 12.8. The summed E-state index contributed by atoms with van der Waals surface area (Å²) in [6.07, 6.45) is 1.85. The van der Waals surface area contributed by atoms with Crippen molar-refractivity contribution >= 4 is 27.7 Å². The van der Waals surface area contributed by atoms with E-state index in [2.05, 4.69) is 10.3 Å². The summed E-state index contributed by atoms with van der Waals surface area (Å²) in [5, 5.41) is 9.72. The highest BCUT2D eigenvalue weighted by molar-refractivity contribution is 6.08. The van der Waals surface area contributed by atoms with E-state index in [4.69, 9.17) is 9.84 Å². The van der Waals surface area contributed by atoms with Gasteiger partial charge in [0.05, 0.1) is 18.1 Å². The van der Waals surface area contributed by atoms with Crippen LogP contribution in [0.25, 0.3) is 33.1 Å². The lowest BCUT2D eigenvalue weighted by Gasteiger charge is -2.08. The number of nitrogens with one attached hydrogen (secondary N) is 1. The Hall–Kier alpha value is -4.19. The number of benzene rings is 3. The zero-order valence-electron chi connectivity index (χ0n) is 17.7. The molecule has 0 radical (unpaired) electrons. The van der Waals surface area contributed by atoms with Gasteiger partial charge in [-0.1, -0.05) is 60.7 Å². The Morgan fingerprint density at radius 1 is 0.938 bits per heavy atom. The van der Waals surface area contributed by atoms with Crippen molar-refractivity contribution < 1.29 is 9.53 Å². The second-order valence-electron chi connectivity index (χ2n) is 7.53. The fourth-order valence-electron chi connectivity index (χ4n) is 3.86. The van der Waals surface area contributed by atoms with Crippen LogP contribution in [0.1, 0.15) is 5.56 Å². The first kappa shape index (κ1) is 19.8. The van der Waals surface area contributed by atoms with Gasteiger partial charge >= 0.3 is 0 Å². The molecule has 6 heteroatoms. The van der Waals surface area contributed by atoms with E-state index in [0.717, 1.165) is 44.4 Å². The molecule has 0 spiro atoms. The number of rotatable bonds is 6. The Kier molecular flexibility index (Phi) is 5.25. The molecule has 0 unspecified atom stereocenters. The number of pyridine rings is 1. The number of carbonyl (C=O) groups is 1. The van der Waals surface area contributed by atoms with Crippen molar-refractivity contribution in [1.29, 1.82) is 0 Å². The van der Waals surface area contributed by atoms with Crippen LogP contribution in [-0.2, 0) is 17.9 Å². The smallest absolute Gasteiger partial charge is 0.242 e. The normalized spacial score (nSPS) is 11.0. The zero-order valence-corrected chi connectivity index (χ0v) is 17.7. The second-order valence-corrected chi connectivity index (χ2v) is 7.53.